The summed E-state index contributed by atoms with van der Waals surface area (Å²) in [6.07, 6.45) is -0.0241. The van der Waals surface area contributed by atoms with E-state index in [1.165, 1.54) is 0 Å². The number of hydrogen-bond acceptors (Lipinski definition) is 4. The van der Waals surface area contributed by atoms with Crippen LogP contribution in [0.15, 0.2) is 66.7 Å². The number of hydroxylamine groups is 2. The quantitative estimate of drug-likeness (QED) is 0.692. The van der Waals surface area contributed by atoms with Gasteiger partial charge in [-0.1, -0.05) is 59.7 Å². The van der Waals surface area contributed by atoms with Crippen LogP contribution in [0, 0.1) is 0 Å². The van der Waals surface area contributed by atoms with E-state index < -0.39 is 17.8 Å². The van der Waals surface area contributed by atoms with E-state index >= 15 is 0 Å². The second kappa shape index (κ2) is 5.87. The van der Waals surface area contributed by atoms with Gasteiger partial charge in [-0.05, 0) is 23.1 Å². The second-order valence-corrected chi connectivity index (χ2v) is 5.74. The van der Waals surface area contributed by atoms with Crippen LogP contribution < -0.4 is 0 Å². The number of amides is 2. The van der Waals surface area contributed by atoms with Gasteiger partial charge in [0.15, 0.2) is 0 Å². The highest BCUT2D eigenvalue weighted by Gasteiger charge is 2.35. The number of imide groups is 1. The Morgan fingerprint density at radius 2 is 1.40 bits per heavy atom. The molecule has 0 fully saturated rings. The van der Waals surface area contributed by atoms with Crippen molar-refractivity contribution in [1.82, 2.24) is 5.06 Å². The molecule has 122 valence electrons. The molecular formula is C20H13NO4. The minimum absolute atomic E-state index is 0.0241. The van der Waals surface area contributed by atoms with Gasteiger partial charge in [-0.25, -0.2) is 4.79 Å². The van der Waals surface area contributed by atoms with Crippen LogP contribution in [0.25, 0.3) is 10.8 Å². The zero-order chi connectivity index (χ0) is 17.4. The molecule has 25 heavy (non-hydrogen) atoms. The lowest BCUT2D eigenvalue weighted by atomic mass is 9.95. The van der Waals surface area contributed by atoms with Crippen LogP contribution in [0.3, 0.4) is 0 Å². The molecule has 0 saturated heterocycles. The van der Waals surface area contributed by atoms with Gasteiger partial charge >= 0.3 is 5.97 Å². The molecule has 3 aromatic carbocycles. The summed E-state index contributed by atoms with van der Waals surface area (Å²) in [6.45, 7) is 0. The van der Waals surface area contributed by atoms with Crippen molar-refractivity contribution in [3.63, 3.8) is 0 Å². The van der Waals surface area contributed by atoms with Crippen molar-refractivity contribution < 1.29 is 19.2 Å². The number of benzene rings is 3. The second-order valence-electron chi connectivity index (χ2n) is 5.74. The fraction of sp³-hybridized carbons (Fsp3) is 0.0500. The fourth-order valence-corrected chi connectivity index (χ4v) is 2.99. The summed E-state index contributed by atoms with van der Waals surface area (Å²) in [5, 5.41) is 1.95. The molecule has 0 radical (unpaired) electrons. The van der Waals surface area contributed by atoms with Crippen molar-refractivity contribution in [2.45, 2.75) is 6.42 Å². The summed E-state index contributed by atoms with van der Waals surface area (Å²) in [6, 6.07) is 19.4. The van der Waals surface area contributed by atoms with Gasteiger partial charge in [-0.3, -0.25) is 9.59 Å². The first-order valence-corrected chi connectivity index (χ1v) is 7.80. The van der Waals surface area contributed by atoms with E-state index in [0.717, 1.165) is 10.9 Å². The molecular weight excluding hydrogens is 318 g/mol. The highest BCUT2D eigenvalue weighted by molar-refractivity contribution is 6.25. The van der Waals surface area contributed by atoms with Crippen molar-refractivity contribution in [2.24, 2.45) is 0 Å². The Morgan fingerprint density at radius 3 is 2.00 bits per heavy atom. The zero-order valence-electron chi connectivity index (χ0n) is 13.1. The van der Waals surface area contributed by atoms with Crippen LogP contribution >= 0.6 is 0 Å². The lowest BCUT2D eigenvalue weighted by molar-refractivity contribution is -0.168. The predicted octanol–water partition coefficient (Wildman–Crippen LogP) is 3.14. The molecule has 5 heteroatoms. The van der Waals surface area contributed by atoms with Gasteiger partial charge in [0.2, 0.25) is 0 Å². The maximum atomic E-state index is 12.6. The molecule has 0 atom stereocenters. The monoisotopic (exact) mass is 331 g/mol. The van der Waals surface area contributed by atoms with Gasteiger partial charge in [0.05, 0.1) is 17.5 Å². The topological polar surface area (TPSA) is 63.7 Å². The van der Waals surface area contributed by atoms with Crippen LogP contribution in [0.5, 0.6) is 0 Å². The van der Waals surface area contributed by atoms with E-state index in [2.05, 4.69) is 0 Å². The molecule has 0 unspecified atom stereocenters. The summed E-state index contributed by atoms with van der Waals surface area (Å²) in [7, 11) is 0. The number of carbonyl (C=O) groups is 3. The largest absolute Gasteiger partial charge is 0.337 e. The minimum atomic E-state index is -0.667. The lowest BCUT2D eigenvalue weighted by Gasteiger charge is -2.25. The normalized spacial score (nSPS) is 13.2. The van der Waals surface area contributed by atoms with E-state index in [1.54, 1.807) is 48.5 Å². The Kier molecular flexibility index (Phi) is 3.54. The summed E-state index contributed by atoms with van der Waals surface area (Å²) in [5.41, 5.74) is 1.44. The maximum absolute atomic E-state index is 12.6. The Balaban J connectivity index is 1.65. The molecule has 0 aromatic heterocycles. The Morgan fingerprint density at radius 1 is 0.800 bits per heavy atom. The summed E-state index contributed by atoms with van der Waals surface area (Å²) in [4.78, 5) is 42.5. The zero-order valence-corrected chi connectivity index (χ0v) is 13.1. The Bertz CT molecular complexity index is 960. The number of nitrogens with zero attached hydrogens (tertiary/aromatic N) is 1. The molecule has 1 aliphatic heterocycles. The van der Waals surface area contributed by atoms with Crippen LogP contribution in [-0.2, 0) is 16.1 Å². The van der Waals surface area contributed by atoms with Crippen molar-refractivity contribution in [3.8, 4) is 0 Å². The smallest absolute Gasteiger partial charge is 0.329 e. The molecule has 0 spiro atoms. The van der Waals surface area contributed by atoms with Gasteiger partial charge in [-0.15, -0.1) is 0 Å². The molecule has 1 heterocycles. The molecule has 0 aliphatic carbocycles. The van der Waals surface area contributed by atoms with Crippen molar-refractivity contribution in [1.29, 1.82) is 0 Å². The van der Waals surface area contributed by atoms with Crippen molar-refractivity contribution in [2.75, 3.05) is 0 Å². The van der Waals surface area contributed by atoms with Crippen LogP contribution in [0.4, 0.5) is 0 Å². The van der Waals surface area contributed by atoms with Crippen molar-refractivity contribution in [3.05, 3.63) is 83.4 Å². The van der Waals surface area contributed by atoms with Crippen molar-refractivity contribution >= 4 is 28.6 Å². The molecule has 2 amide bonds. The van der Waals surface area contributed by atoms with Gasteiger partial charge in [-0.2, -0.15) is 0 Å². The average Bonchev–Trinajstić information content (AvgIpc) is 2.64. The first kappa shape index (κ1) is 15.1. The number of hydrogen-bond donors (Lipinski definition) is 0. The summed E-state index contributed by atoms with van der Waals surface area (Å²) in [5.74, 6) is -1.93. The molecule has 0 saturated carbocycles. The third-order valence-electron chi connectivity index (χ3n) is 4.12. The number of rotatable bonds is 3. The average molecular weight is 331 g/mol. The van der Waals surface area contributed by atoms with Gasteiger partial charge in [0.1, 0.15) is 0 Å². The van der Waals surface area contributed by atoms with Crippen LogP contribution in [0.1, 0.15) is 26.3 Å². The van der Waals surface area contributed by atoms with Gasteiger partial charge in [0.25, 0.3) is 11.8 Å². The molecule has 0 N–H and O–H groups in total. The van der Waals surface area contributed by atoms with E-state index in [-0.39, 0.29) is 6.42 Å². The van der Waals surface area contributed by atoms with E-state index in [1.807, 2.05) is 18.2 Å². The SMILES string of the molecule is O=C(Cc1ccccc1)ON1C(=O)c2cccc3cccc(c23)C1=O. The van der Waals surface area contributed by atoms with Gasteiger partial charge < -0.3 is 4.84 Å². The van der Waals surface area contributed by atoms with Gasteiger partial charge in [0, 0.05) is 5.39 Å². The third-order valence-corrected chi connectivity index (χ3v) is 4.12. The first-order valence-electron chi connectivity index (χ1n) is 7.80. The Labute approximate surface area is 143 Å². The van der Waals surface area contributed by atoms with Crippen LogP contribution in [0.2, 0.25) is 0 Å². The van der Waals surface area contributed by atoms with E-state index in [0.29, 0.717) is 21.6 Å². The molecule has 1 aliphatic rings. The standard InChI is InChI=1S/C20H13NO4/c22-17(12-13-6-2-1-3-7-13)25-21-19(23)15-10-4-8-14-9-5-11-16(18(14)15)20(21)24/h1-11H,12H2. The minimum Gasteiger partial charge on any atom is -0.329 e. The van der Waals surface area contributed by atoms with E-state index in [9.17, 15) is 14.4 Å². The van der Waals surface area contributed by atoms with E-state index in [4.69, 9.17) is 4.84 Å². The fourth-order valence-electron chi connectivity index (χ4n) is 2.99. The summed E-state index contributed by atoms with van der Waals surface area (Å²) < 4.78 is 0. The first-order chi connectivity index (χ1) is 12.1. The Hall–Kier alpha value is -3.47. The third kappa shape index (κ3) is 2.55. The molecule has 5 nitrogen and oxygen atoms in total. The number of carbonyl (C=O) groups excluding carboxylic acids is 3. The lowest BCUT2D eigenvalue weighted by Crippen LogP contribution is -2.42. The molecule has 0 bridgehead atoms. The molecule has 4 rings (SSSR count). The highest BCUT2D eigenvalue weighted by Crippen LogP contribution is 2.30. The molecule has 3 aromatic rings. The summed E-state index contributed by atoms with van der Waals surface area (Å²) >= 11 is 0. The maximum Gasteiger partial charge on any atom is 0.337 e. The van der Waals surface area contributed by atoms with Crippen LogP contribution in [-0.4, -0.2) is 22.8 Å². The highest BCUT2D eigenvalue weighted by atomic mass is 16.7. The predicted molar refractivity (Wildman–Crippen MR) is 90.7 cm³/mol.